The van der Waals surface area contributed by atoms with E-state index in [0.29, 0.717) is 13.2 Å². The molecule has 0 bridgehead atoms. The second-order valence-electron chi connectivity index (χ2n) is 6.58. The highest BCUT2D eigenvalue weighted by atomic mass is 16.5. The van der Waals surface area contributed by atoms with Gasteiger partial charge in [-0.25, -0.2) is 0 Å². The van der Waals surface area contributed by atoms with E-state index in [9.17, 15) is 0 Å². The van der Waals surface area contributed by atoms with Crippen LogP contribution in [0.5, 0.6) is 5.75 Å². The van der Waals surface area contributed by atoms with Gasteiger partial charge in [0.05, 0.1) is 0 Å². The van der Waals surface area contributed by atoms with Crippen molar-refractivity contribution in [1.29, 1.82) is 0 Å². The zero-order valence-electron chi connectivity index (χ0n) is 15.6. The zero-order chi connectivity index (χ0) is 17.9. The Morgan fingerprint density at radius 3 is 2.80 bits per heavy atom. The molecule has 1 aliphatic heterocycles. The number of nitrogens with zero attached hydrogens (tertiary/aromatic N) is 2. The second-order valence-corrected chi connectivity index (χ2v) is 6.58. The first-order chi connectivity index (χ1) is 12.2. The van der Waals surface area contributed by atoms with Crippen LogP contribution in [0.4, 0.5) is 0 Å². The van der Waals surface area contributed by atoms with E-state index in [0.717, 1.165) is 36.3 Å². The second kappa shape index (κ2) is 10.8. The largest absolute Gasteiger partial charge is 0.489 e. The highest BCUT2D eigenvalue weighted by molar-refractivity contribution is 5.79. The molecular weight excluding hydrogens is 312 g/mol. The number of para-hydroxylation sites is 1. The van der Waals surface area contributed by atoms with Gasteiger partial charge < -0.3 is 20.3 Å². The van der Waals surface area contributed by atoms with Crippen LogP contribution >= 0.6 is 0 Å². The molecule has 0 saturated carbocycles. The third-order valence-electron chi connectivity index (χ3n) is 4.60. The SMILES string of the molecule is C=CCOc1ccccc1CNC(=NC)NCCN1CCC(C)CC1. The number of benzene rings is 1. The first kappa shape index (κ1) is 19.3. The minimum atomic E-state index is 0.512. The average Bonchev–Trinajstić information content (AvgIpc) is 2.65. The molecule has 5 heteroatoms. The lowest BCUT2D eigenvalue weighted by atomic mass is 9.99. The van der Waals surface area contributed by atoms with Gasteiger partial charge in [0.15, 0.2) is 5.96 Å². The average molecular weight is 345 g/mol. The van der Waals surface area contributed by atoms with Crippen LogP contribution in [-0.4, -0.2) is 50.7 Å². The number of aliphatic imine (C=N–C) groups is 1. The lowest BCUT2D eigenvalue weighted by Gasteiger charge is -2.30. The highest BCUT2D eigenvalue weighted by Crippen LogP contribution is 2.17. The summed E-state index contributed by atoms with van der Waals surface area (Å²) in [4.78, 5) is 6.84. The van der Waals surface area contributed by atoms with E-state index < -0.39 is 0 Å². The Labute approximate surface area is 152 Å². The van der Waals surface area contributed by atoms with Gasteiger partial charge in [-0.05, 0) is 37.9 Å². The molecule has 2 N–H and O–H groups in total. The maximum atomic E-state index is 5.70. The number of rotatable bonds is 8. The number of nitrogens with one attached hydrogen (secondary N) is 2. The molecule has 0 radical (unpaired) electrons. The van der Waals surface area contributed by atoms with Crippen LogP contribution in [0.25, 0.3) is 0 Å². The van der Waals surface area contributed by atoms with Gasteiger partial charge >= 0.3 is 0 Å². The third-order valence-corrected chi connectivity index (χ3v) is 4.60. The van der Waals surface area contributed by atoms with Crippen molar-refractivity contribution in [1.82, 2.24) is 15.5 Å². The van der Waals surface area contributed by atoms with E-state index in [-0.39, 0.29) is 0 Å². The Bertz CT molecular complexity index is 550. The molecule has 1 heterocycles. The van der Waals surface area contributed by atoms with Crippen LogP contribution in [0.2, 0.25) is 0 Å². The van der Waals surface area contributed by atoms with Gasteiger partial charge in [0.25, 0.3) is 0 Å². The standard InChI is InChI=1S/C20H32N4O/c1-4-15-25-19-8-6-5-7-18(19)16-23-20(21-3)22-11-14-24-12-9-17(2)10-13-24/h4-8,17H,1,9-16H2,2-3H3,(H2,21,22,23). The van der Waals surface area contributed by atoms with Crippen molar-refractivity contribution in [2.75, 3.05) is 39.8 Å². The van der Waals surface area contributed by atoms with Crippen molar-refractivity contribution in [2.24, 2.45) is 10.9 Å². The molecule has 0 atom stereocenters. The van der Waals surface area contributed by atoms with E-state index in [2.05, 4.69) is 40.1 Å². The predicted molar refractivity (Wildman–Crippen MR) is 105 cm³/mol. The van der Waals surface area contributed by atoms with Gasteiger partial charge in [-0.2, -0.15) is 0 Å². The van der Waals surface area contributed by atoms with Crippen LogP contribution < -0.4 is 15.4 Å². The topological polar surface area (TPSA) is 48.9 Å². The van der Waals surface area contributed by atoms with Crippen LogP contribution in [0, 0.1) is 5.92 Å². The van der Waals surface area contributed by atoms with Crippen molar-refractivity contribution in [3.8, 4) is 5.75 Å². The van der Waals surface area contributed by atoms with Crippen LogP contribution in [0.1, 0.15) is 25.3 Å². The molecule has 1 saturated heterocycles. The summed E-state index contributed by atoms with van der Waals surface area (Å²) >= 11 is 0. The Morgan fingerprint density at radius 1 is 1.32 bits per heavy atom. The summed E-state index contributed by atoms with van der Waals surface area (Å²) in [5, 5.41) is 6.76. The number of guanidine groups is 1. The van der Waals surface area contributed by atoms with E-state index in [1.807, 2.05) is 18.2 Å². The first-order valence-corrected chi connectivity index (χ1v) is 9.21. The lowest BCUT2D eigenvalue weighted by Crippen LogP contribution is -2.43. The maximum absolute atomic E-state index is 5.70. The molecule has 5 nitrogen and oxygen atoms in total. The van der Waals surface area contributed by atoms with Gasteiger partial charge in [0.2, 0.25) is 0 Å². The van der Waals surface area contributed by atoms with Crippen molar-refractivity contribution < 1.29 is 4.74 Å². The molecule has 1 fully saturated rings. The molecule has 1 aliphatic rings. The molecule has 0 aromatic heterocycles. The Morgan fingerprint density at radius 2 is 2.08 bits per heavy atom. The fourth-order valence-electron chi connectivity index (χ4n) is 2.96. The molecule has 2 rings (SSSR count). The number of piperidine rings is 1. The molecule has 0 aliphatic carbocycles. The molecule has 0 unspecified atom stereocenters. The minimum Gasteiger partial charge on any atom is -0.489 e. The van der Waals surface area contributed by atoms with Crippen molar-refractivity contribution >= 4 is 5.96 Å². The minimum absolute atomic E-state index is 0.512. The monoisotopic (exact) mass is 344 g/mol. The van der Waals surface area contributed by atoms with E-state index >= 15 is 0 Å². The summed E-state index contributed by atoms with van der Waals surface area (Å²) < 4.78 is 5.70. The van der Waals surface area contributed by atoms with E-state index in [1.165, 1.54) is 25.9 Å². The third kappa shape index (κ3) is 6.78. The summed E-state index contributed by atoms with van der Waals surface area (Å²) in [5.74, 6) is 2.58. The van der Waals surface area contributed by atoms with Gasteiger partial charge in [-0.15, -0.1) is 0 Å². The summed E-state index contributed by atoms with van der Waals surface area (Å²) in [6.07, 6.45) is 4.38. The van der Waals surface area contributed by atoms with Crippen molar-refractivity contribution in [3.63, 3.8) is 0 Å². The van der Waals surface area contributed by atoms with Crippen LogP contribution in [-0.2, 0) is 6.54 Å². The Balaban J connectivity index is 1.74. The summed E-state index contributed by atoms with van der Waals surface area (Å²) in [6, 6.07) is 8.04. The molecule has 1 aromatic carbocycles. The maximum Gasteiger partial charge on any atom is 0.191 e. The number of hydrogen-bond donors (Lipinski definition) is 2. The first-order valence-electron chi connectivity index (χ1n) is 9.21. The summed E-state index contributed by atoms with van der Waals surface area (Å²) in [7, 11) is 1.80. The van der Waals surface area contributed by atoms with E-state index in [1.54, 1.807) is 13.1 Å². The highest BCUT2D eigenvalue weighted by Gasteiger charge is 2.15. The molecule has 0 spiro atoms. The number of hydrogen-bond acceptors (Lipinski definition) is 3. The quantitative estimate of drug-likeness (QED) is 0.432. The fraction of sp³-hybridized carbons (Fsp3) is 0.550. The molecule has 25 heavy (non-hydrogen) atoms. The zero-order valence-corrected chi connectivity index (χ0v) is 15.6. The molecule has 138 valence electrons. The Hall–Kier alpha value is -2.01. The molecule has 0 amide bonds. The lowest BCUT2D eigenvalue weighted by molar-refractivity contribution is 0.195. The van der Waals surface area contributed by atoms with Crippen LogP contribution in [0.3, 0.4) is 0 Å². The van der Waals surface area contributed by atoms with Gasteiger partial charge in [-0.1, -0.05) is 37.8 Å². The molecular formula is C20H32N4O. The number of likely N-dealkylation sites (tertiary alicyclic amines) is 1. The summed E-state index contributed by atoms with van der Waals surface area (Å²) in [5.41, 5.74) is 1.11. The number of ether oxygens (including phenoxy) is 1. The Kier molecular flexibility index (Phi) is 8.32. The summed E-state index contributed by atoms with van der Waals surface area (Å²) in [6.45, 7) is 11.6. The van der Waals surface area contributed by atoms with E-state index in [4.69, 9.17) is 4.74 Å². The molecule has 1 aromatic rings. The predicted octanol–water partition coefficient (Wildman–Crippen LogP) is 2.65. The van der Waals surface area contributed by atoms with Gasteiger partial charge in [0, 0.05) is 32.2 Å². The normalized spacial score (nSPS) is 16.5. The van der Waals surface area contributed by atoms with Crippen molar-refractivity contribution in [2.45, 2.75) is 26.3 Å². The fourth-order valence-corrected chi connectivity index (χ4v) is 2.96. The van der Waals surface area contributed by atoms with Crippen LogP contribution in [0.15, 0.2) is 41.9 Å². The van der Waals surface area contributed by atoms with Gasteiger partial charge in [-0.3, -0.25) is 4.99 Å². The van der Waals surface area contributed by atoms with Gasteiger partial charge in [0.1, 0.15) is 12.4 Å². The van der Waals surface area contributed by atoms with Crippen molar-refractivity contribution in [3.05, 3.63) is 42.5 Å². The smallest absolute Gasteiger partial charge is 0.191 e.